The smallest absolute Gasteiger partial charge is 0.247 e. The molecule has 0 radical (unpaired) electrons. The summed E-state index contributed by atoms with van der Waals surface area (Å²) in [5.74, 6) is -0.262. The molecule has 4 aromatic rings. The normalized spacial score (nSPS) is 14.1. The molecule has 0 unspecified atom stereocenters. The van der Waals surface area contributed by atoms with Gasteiger partial charge in [0.15, 0.2) is 0 Å². The third kappa shape index (κ3) is 5.45. The summed E-state index contributed by atoms with van der Waals surface area (Å²) >= 11 is 0. The van der Waals surface area contributed by atoms with Crippen molar-refractivity contribution >= 4 is 40.0 Å². The Balaban J connectivity index is 1.34. The lowest BCUT2D eigenvalue weighted by molar-refractivity contribution is -0.111. The van der Waals surface area contributed by atoms with Crippen LogP contribution in [0.1, 0.15) is 0 Å². The molecule has 1 amide bonds. The Labute approximate surface area is 213 Å². The summed E-state index contributed by atoms with van der Waals surface area (Å²) in [5.41, 5.74) is 3.23. The molecule has 5 rings (SSSR count). The van der Waals surface area contributed by atoms with Gasteiger partial charge in [0.05, 0.1) is 12.3 Å². The van der Waals surface area contributed by atoms with Crippen LogP contribution in [0, 0.1) is 5.82 Å². The van der Waals surface area contributed by atoms with Crippen molar-refractivity contribution in [1.82, 2.24) is 19.4 Å². The zero-order chi connectivity index (χ0) is 25.8. The Morgan fingerprint density at radius 3 is 2.70 bits per heavy atom. The number of halogens is 1. The molecule has 1 aliphatic heterocycles. The Morgan fingerprint density at radius 1 is 1.11 bits per heavy atom. The molecule has 2 aromatic carbocycles. The second kappa shape index (κ2) is 10.8. The monoisotopic (exact) mass is 501 g/mol. The van der Waals surface area contributed by atoms with Crippen molar-refractivity contribution in [2.45, 2.75) is 0 Å². The van der Waals surface area contributed by atoms with Crippen LogP contribution >= 0.6 is 0 Å². The van der Waals surface area contributed by atoms with Gasteiger partial charge in [-0.1, -0.05) is 12.6 Å². The molecule has 1 saturated heterocycles. The number of anilines is 4. The summed E-state index contributed by atoms with van der Waals surface area (Å²) in [6.07, 6.45) is 4.81. The number of fused-ring (bicyclic) bond motifs is 1. The van der Waals surface area contributed by atoms with E-state index in [1.807, 2.05) is 46.0 Å². The summed E-state index contributed by atoms with van der Waals surface area (Å²) in [7, 11) is 0. The van der Waals surface area contributed by atoms with Crippen molar-refractivity contribution in [3.8, 4) is 5.69 Å². The van der Waals surface area contributed by atoms with E-state index in [4.69, 9.17) is 5.11 Å². The Hall–Kier alpha value is -4.28. The molecule has 0 aliphatic carbocycles. The first kappa shape index (κ1) is 24.4. The molecule has 1 aliphatic rings. The predicted octanol–water partition coefficient (Wildman–Crippen LogP) is 3.54. The summed E-state index contributed by atoms with van der Waals surface area (Å²) in [6.45, 7) is 7.25. The number of aromatic nitrogens is 3. The van der Waals surface area contributed by atoms with Crippen molar-refractivity contribution < 1.29 is 14.3 Å². The lowest BCUT2D eigenvalue weighted by atomic mass is 10.2. The maximum atomic E-state index is 15.0. The molecule has 37 heavy (non-hydrogen) atoms. The number of amides is 1. The van der Waals surface area contributed by atoms with Gasteiger partial charge in [-0.2, -0.15) is 4.98 Å². The van der Waals surface area contributed by atoms with Crippen LogP contribution in [0.2, 0.25) is 0 Å². The zero-order valence-corrected chi connectivity index (χ0v) is 20.3. The Morgan fingerprint density at radius 2 is 1.95 bits per heavy atom. The first-order chi connectivity index (χ1) is 18.0. The number of β-amino-alcohol motifs (C(OH)–C–C–N with tert-alkyl or cyclic N) is 1. The van der Waals surface area contributed by atoms with Gasteiger partial charge >= 0.3 is 0 Å². The number of nitrogens with one attached hydrogen (secondary N) is 2. The molecule has 9 nitrogen and oxygen atoms in total. The van der Waals surface area contributed by atoms with Crippen molar-refractivity contribution in [1.29, 1.82) is 0 Å². The highest BCUT2D eigenvalue weighted by atomic mass is 19.1. The second-order valence-electron chi connectivity index (χ2n) is 8.75. The molecule has 1 fully saturated rings. The van der Waals surface area contributed by atoms with Crippen LogP contribution in [0.4, 0.5) is 27.4 Å². The molecule has 190 valence electrons. The quantitative estimate of drug-likeness (QED) is 0.318. The molecule has 0 saturated carbocycles. The third-order valence-electron chi connectivity index (χ3n) is 6.34. The number of nitrogens with zero attached hydrogens (tertiary/aromatic N) is 5. The van der Waals surface area contributed by atoms with Crippen LogP contribution < -0.4 is 15.5 Å². The number of hydrogen-bond acceptors (Lipinski definition) is 7. The van der Waals surface area contributed by atoms with E-state index in [9.17, 15) is 4.79 Å². The maximum absolute atomic E-state index is 15.0. The van der Waals surface area contributed by atoms with Crippen LogP contribution in [0.15, 0.2) is 73.6 Å². The van der Waals surface area contributed by atoms with Crippen molar-refractivity contribution in [3.05, 3.63) is 79.4 Å². The number of rotatable bonds is 8. The molecule has 0 atom stereocenters. The average molecular weight is 502 g/mol. The Kier molecular flexibility index (Phi) is 7.11. The highest BCUT2D eigenvalue weighted by Gasteiger charge is 2.19. The van der Waals surface area contributed by atoms with Gasteiger partial charge in [0.1, 0.15) is 11.5 Å². The summed E-state index contributed by atoms with van der Waals surface area (Å²) in [5, 5.41) is 15.8. The van der Waals surface area contributed by atoms with Gasteiger partial charge in [0.2, 0.25) is 11.9 Å². The summed E-state index contributed by atoms with van der Waals surface area (Å²) in [6, 6.07) is 14.3. The number of aliphatic hydroxyl groups excluding tert-OH is 1. The predicted molar refractivity (Wildman–Crippen MR) is 143 cm³/mol. The van der Waals surface area contributed by atoms with E-state index in [0.29, 0.717) is 48.3 Å². The van der Waals surface area contributed by atoms with E-state index in [2.05, 4.69) is 32.1 Å². The fourth-order valence-electron chi connectivity index (χ4n) is 4.44. The van der Waals surface area contributed by atoms with Gasteiger partial charge < -0.3 is 25.2 Å². The minimum atomic E-state index is -0.316. The topological polar surface area (TPSA) is 98.6 Å². The van der Waals surface area contributed by atoms with Crippen LogP contribution in [0.5, 0.6) is 0 Å². The Bertz CT molecular complexity index is 1430. The fraction of sp³-hybridized carbons (Fsp3) is 0.222. The van der Waals surface area contributed by atoms with Crippen molar-refractivity contribution in [2.24, 2.45) is 0 Å². The lowest BCUT2D eigenvalue weighted by Gasteiger charge is -2.36. The zero-order valence-electron chi connectivity index (χ0n) is 20.3. The minimum Gasteiger partial charge on any atom is -0.395 e. The number of carbonyl (C=O) groups is 1. The number of hydrogen-bond donors (Lipinski definition) is 3. The highest BCUT2D eigenvalue weighted by Crippen LogP contribution is 2.27. The molecular weight excluding hydrogens is 473 g/mol. The lowest BCUT2D eigenvalue weighted by Crippen LogP contribution is -2.47. The van der Waals surface area contributed by atoms with E-state index in [-0.39, 0.29) is 18.3 Å². The number of benzene rings is 2. The van der Waals surface area contributed by atoms with E-state index in [1.54, 1.807) is 18.3 Å². The molecule has 0 bridgehead atoms. The average Bonchev–Trinajstić information content (AvgIpc) is 3.33. The molecule has 3 N–H and O–H groups in total. The summed E-state index contributed by atoms with van der Waals surface area (Å²) in [4.78, 5) is 24.9. The fourth-order valence-corrected chi connectivity index (χ4v) is 4.44. The molecular formula is C27H28FN7O2. The van der Waals surface area contributed by atoms with E-state index >= 15 is 4.39 Å². The van der Waals surface area contributed by atoms with Crippen LogP contribution in [-0.2, 0) is 4.79 Å². The second-order valence-corrected chi connectivity index (χ2v) is 8.75. The van der Waals surface area contributed by atoms with E-state index < -0.39 is 0 Å². The SMILES string of the molecule is C=CC(=O)Nc1cccc(-n2ccc3cnc(Nc4ccc(N5CCN(CCO)CC5)c(F)c4)nc32)c1. The first-order valence-corrected chi connectivity index (χ1v) is 12.1. The molecule has 10 heteroatoms. The van der Waals surface area contributed by atoms with Crippen molar-refractivity contribution in [2.75, 3.05) is 54.9 Å². The number of carbonyl (C=O) groups excluding carboxylic acids is 1. The number of aliphatic hydroxyl groups is 1. The maximum Gasteiger partial charge on any atom is 0.247 e. The van der Waals surface area contributed by atoms with Gasteiger partial charge in [-0.25, -0.2) is 9.37 Å². The molecule has 3 heterocycles. The van der Waals surface area contributed by atoms with Gasteiger partial charge in [0.25, 0.3) is 0 Å². The standard InChI is InChI=1S/C27H28FN7O2/c1-2-25(37)30-20-4-3-5-22(16-20)35-9-8-19-18-29-27(32-26(19)35)31-21-6-7-24(23(28)17-21)34-12-10-33(11-13-34)14-15-36/h2-9,16-18,36H,1,10-15H2,(H,30,37)(H,29,31,32). The largest absolute Gasteiger partial charge is 0.395 e. The first-order valence-electron chi connectivity index (χ1n) is 12.1. The van der Waals surface area contributed by atoms with Crippen molar-refractivity contribution in [3.63, 3.8) is 0 Å². The third-order valence-corrected chi connectivity index (χ3v) is 6.34. The van der Waals surface area contributed by atoms with E-state index in [1.165, 1.54) is 12.1 Å². The van der Waals surface area contributed by atoms with Crippen LogP contribution in [0.3, 0.4) is 0 Å². The van der Waals surface area contributed by atoms with Gasteiger partial charge in [-0.3, -0.25) is 9.69 Å². The van der Waals surface area contributed by atoms with Crippen LogP contribution in [-0.4, -0.2) is 69.8 Å². The van der Waals surface area contributed by atoms with Gasteiger partial charge in [0, 0.05) is 67.6 Å². The van der Waals surface area contributed by atoms with Gasteiger partial charge in [-0.05, 0) is 48.5 Å². The molecule has 0 spiro atoms. The summed E-state index contributed by atoms with van der Waals surface area (Å²) < 4.78 is 16.9. The highest BCUT2D eigenvalue weighted by molar-refractivity contribution is 5.99. The minimum absolute atomic E-state index is 0.133. The molecule has 2 aromatic heterocycles. The van der Waals surface area contributed by atoms with Crippen LogP contribution in [0.25, 0.3) is 16.7 Å². The van der Waals surface area contributed by atoms with Gasteiger partial charge in [-0.15, -0.1) is 0 Å². The number of piperazine rings is 1. The van der Waals surface area contributed by atoms with E-state index in [0.717, 1.165) is 24.2 Å².